The molecule has 0 spiro atoms. The molecule has 2 aromatic rings. The van der Waals surface area contributed by atoms with Crippen LogP contribution in [0.15, 0.2) is 24.7 Å². The quantitative estimate of drug-likeness (QED) is 0.647. The normalized spacial score (nSPS) is 10.3. The second-order valence-electron chi connectivity index (χ2n) is 2.64. The summed E-state index contributed by atoms with van der Waals surface area (Å²) in [5.41, 5.74) is 0.907. The second kappa shape index (κ2) is 3.14. The van der Waals surface area contributed by atoms with Crippen LogP contribution >= 0.6 is 11.6 Å². The molecule has 0 aliphatic heterocycles. The van der Waals surface area contributed by atoms with Gasteiger partial charge in [-0.15, -0.1) is 10.2 Å². The number of pyridine rings is 1. The third-order valence-corrected chi connectivity index (χ3v) is 1.92. The molecule has 0 saturated carbocycles. The maximum absolute atomic E-state index is 5.66. The molecule has 2 rings (SSSR count). The Balaban J connectivity index is 2.47. The van der Waals surface area contributed by atoms with Crippen molar-refractivity contribution < 1.29 is 0 Å². The number of aromatic nitrogens is 4. The number of hydrogen-bond acceptors (Lipinski definition) is 3. The van der Waals surface area contributed by atoms with E-state index in [-0.39, 0.29) is 0 Å². The van der Waals surface area contributed by atoms with E-state index in [1.165, 1.54) is 0 Å². The maximum atomic E-state index is 5.66. The first-order valence-corrected chi connectivity index (χ1v) is 4.11. The van der Waals surface area contributed by atoms with Crippen molar-refractivity contribution >= 4 is 11.6 Å². The fourth-order valence-corrected chi connectivity index (χ4v) is 1.16. The van der Waals surface area contributed by atoms with Crippen LogP contribution in [0.3, 0.4) is 0 Å². The van der Waals surface area contributed by atoms with E-state index in [9.17, 15) is 0 Å². The maximum Gasteiger partial charge on any atom is 0.165 e. The van der Waals surface area contributed by atoms with Gasteiger partial charge >= 0.3 is 0 Å². The average Bonchev–Trinajstić information content (AvgIpc) is 2.53. The molecule has 66 valence electrons. The van der Waals surface area contributed by atoms with Crippen molar-refractivity contribution in [2.75, 3.05) is 0 Å². The largest absolute Gasteiger partial charge is 0.317 e. The highest BCUT2D eigenvalue weighted by Gasteiger charge is 2.03. The van der Waals surface area contributed by atoms with Gasteiger partial charge in [0.2, 0.25) is 0 Å². The monoisotopic (exact) mass is 194 g/mol. The summed E-state index contributed by atoms with van der Waals surface area (Å²) in [4.78, 5) is 3.96. The van der Waals surface area contributed by atoms with E-state index in [2.05, 4.69) is 15.2 Å². The third kappa shape index (κ3) is 1.53. The molecule has 0 N–H and O–H groups in total. The minimum atomic E-state index is 0.478. The van der Waals surface area contributed by atoms with Crippen LogP contribution in [-0.2, 0) is 7.05 Å². The Labute approximate surface area is 80.2 Å². The van der Waals surface area contributed by atoms with Crippen LogP contribution in [-0.4, -0.2) is 19.7 Å². The highest BCUT2D eigenvalue weighted by Crippen LogP contribution is 2.15. The first-order chi connectivity index (χ1) is 6.27. The number of aryl methyl sites for hydroxylation is 1. The number of nitrogens with zero attached hydrogens (tertiary/aromatic N) is 4. The highest BCUT2D eigenvalue weighted by atomic mass is 35.5. The lowest BCUT2D eigenvalue weighted by Crippen LogP contribution is -1.91. The first-order valence-electron chi connectivity index (χ1n) is 3.73. The number of hydrogen-bond donors (Lipinski definition) is 0. The van der Waals surface area contributed by atoms with Gasteiger partial charge in [0.1, 0.15) is 11.5 Å². The van der Waals surface area contributed by atoms with Gasteiger partial charge in [-0.05, 0) is 12.1 Å². The predicted molar refractivity (Wildman–Crippen MR) is 49.2 cm³/mol. The lowest BCUT2D eigenvalue weighted by atomic mass is 10.3. The molecule has 0 unspecified atom stereocenters. The Morgan fingerprint density at radius 2 is 2.23 bits per heavy atom. The van der Waals surface area contributed by atoms with E-state index in [0.29, 0.717) is 5.15 Å². The van der Waals surface area contributed by atoms with Crippen molar-refractivity contribution in [1.82, 2.24) is 19.7 Å². The summed E-state index contributed by atoms with van der Waals surface area (Å²) in [7, 11) is 1.88. The topological polar surface area (TPSA) is 43.6 Å². The lowest BCUT2D eigenvalue weighted by molar-refractivity contribution is 0.918. The summed E-state index contributed by atoms with van der Waals surface area (Å²) in [6.07, 6.45) is 3.32. The summed E-state index contributed by atoms with van der Waals surface area (Å²) >= 11 is 5.66. The standard InChI is InChI=1S/C8H7ClN4/c1-13-5-11-12-8(13)6-2-3-7(9)10-4-6/h2-5H,1H3. The fraction of sp³-hybridized carbons (Fsp3) is 0.125. The molecule has 0 radical (unpaired) electrons. The summed E-state index contributed by atoms with van der Waals surface area (Å²) < 4.78 is 1.82. The van der Waals surface area contributed by atoms with E-state index >= 15 is 0 Å². The molecule has 0 aliphatic carbocycles. The Hall–Kier alpha value is -1.42. The minimum absolute atomic E-state index is 0.478. The average molecular weight is 195 g/mol. The molecule has 5 heteroatoms. The van der Waals surface area contributed by atoms with Gasteiger partial charge in [-0.1, -0.05) is 11.6 Å². The van der Waals surface area contributed by atoms with Crippen LogP contribution in [0.5, 0.6) is 0 Å². The molecule has 0 atom stereocenters. The number of rotatable bonds is 1. The molecule has 0 bridgehead atoms. The zero-order chi connectivity index (χ0) is 9.26. The molecular weight excluding hydrogens is 188 g/mol. The zero-order valence-electron chi connectivity index (χ0n) is 6.98. The van der Waals surface area contributed by atoms with Crippen LogP contribution in [0, 0.1) is 0 Å². The molecular formula is C8H7ClN4. The Kier molecular flexibility index (Phi) is 1.98. The van der Waals surface area contributed by atoms with Crippen molar-refractivity contribution in [2.45, 2.75) is 0 Å². The predicted octanol–water partition coefficient (Wildman–Crippen LogP) is 1.53. The van der Waals surface area contributed by atoms with Crippen molar-refractivity contribution in [1.29, 1.82) is 0 Å². The number of halogens is 1. The molecule has 0 aromatic carbocycles. The van der Waals surface area contributed by atoms with Gasteiger partial charge in [-0.25, -0.2) is 4.98 Å². The smallest absolute Gasteiger partial charge is 0.165 e. The molecule has 13 heavy (non-hydrogen) atoms. The fourth-order valence-electron chi connectivity index (χ4n) is 1.05. The van der Waals surface area contributed by atoms with Crippen molar-refractivity contribution in [2.24, 2.45) is 7.05 Å². The minimum Gasteiger partial charge on any atom is -0.317 e. The Morgan fingerprint density at radius 1 is 1.38 bits per heavy atom. The molecule has 0 fully saturated rings. The van der Waals surface area contributed by atoms with Crippen LogP contribution in [0.4, 0.5) is 0 Å². The van der Waals surface area contributed by atoms with E-state index in [1.54, 1.807) is 18.6 Å². The summed E-state index contributed by atoms with van der Waals surface area (Å²) in [6, 6.07) is 3.59. The van der Waals surface area contributed by atoms with Crippen LogP contribution in [0.2, 0.25) is 5.15 Å². The van der Waals surface area contributed by atoms with Gasteiger partial charge in [0, 0.05) is 18.8 Å². The van der Waals surface area contributed by atoms with Crippen LogP contribution < -0.4 is 0 Å². The Bertz CT molecular complexity index is 406. The SMILES string of the molecule is Cn1cnnc1-c1ccc(Cl)nc1. The highest BCUT2D eigenvalue weighted by molar-refractivity contribution is 6.29. The van der Waals surface area contributed by atoms with E-state index < -0.39 is 0 Å². The zero-order valence-corrected chi connectivity index (χ0v) is 7.73. The van der Waals surface area contributed by atoms with Gasteiger partial charge in [0.05, 0.1) is 0 Å². The Morgan fingerprint density at radius 3 is 2.77 bits per heavy atom. The van der Waals surface area contributed by atoms with E-state index in [0.717, 1.165) is 11.4 Å². The molecule has 4 nitrogen and oxygen atoms in total. The summed E-state index contributed by atoms with van der Waals surface area (Å²) in [6.45, 7) is 0. The van der Waals surface area contributed by atoms with E-state index in [1.807, 2.05) is 17.7 Å². The van der Waals surface area contributed by atoms with Crippen molar-refractivity contribution in [3.8, 4) is 11.4 Å². The van der Waals surface area contributed by atoms with Crippen LogP contribution in [0.25, 0.3) is 11.4 Å². The lowest BCUT2D eigenvalue weighted by Gasteiger charge is -1.98. The van der Waals surface area contributed by atoms with Gasteiger partial charge < -0.3 is 4.57 Å². The molecule has 0 aliphatic rings. The van der Waals surface area contributed by atoms with Crippen LogP contribution in [0.1, 0.15) is 0 Å². The van der Waals surface area contributed by atoms with Gasteiger partial charge in [-0.2, -0.15) is 0 Å². The van der Waals surface area contributed by atoms with Crippen molar-refractivity contribution in [3.05, 3.63) is 29.8 Å². The van der Waals surface area contributed by atoms with Crippen molar-refractivity contribution in [3.63, 3.8) is 0 Å². The van der Waals surface area contributed by atoms with Gasteiger partial charge in [0.15, 0.2) is 5.82 Å². The summed E-state index contributed by atoms with van der Waals surface area (Å²) in [5.74, 6) is 0.782. The van der Waals surface area contributed by atoms with Gasteiger partial charge in [0.25, 0.3) is 0 Å². The third-order valence-electron chi connectivity index (χ3n) is 1.70. The molecule has 0 amide bonds. The first kappa shape index (κ1) is 8.19. The van der Waals surface area contributed by atoms with E-state index in [4.69, 9.17) is 11.6 Å². The second-order valence-corrected chi connectivity index (χ2v) is 3.02. The summed E-state index contributed by atoms with van der Waals surface area (Å²) in [5, 5.41) is 8.20. The molecule has 2 aromatic heterocycles. The molecule has 2 heterocycles. The molecule has 0 saturated heterocycles. The van der Waals surface area contributed by atoms with Gasteiger partial charge in [-0.3, -0.25) is 0 Å².